The van der Waals surface area contributed by atoms with E-state index in [4.69, 9.17) is 20.8 Å². The molecule has 16 heavy (non-hydrogen) atoms. The highest BCUT2D eigenvalue weighted by Gasteiger charge is 2.02. The molecule has 0 unspecified atom stereocenters. The second kappa shape index (κ2) is 7.27. The minimum absolute atomic E-state index is 0.0743. The number of hydrogen-bond donors (Lipinski definition) is 2. The SMILES string of the molecule is COCCNC(=O)CNCc1ccc(Cl)o1. The van der Waals surface area contributed by atoms with Gasteiger partial charge in [-0.25, -0.2) is 0 Å². The van der Waals surface area contributed by atoms with Crippen LogP contribution in [0.3, 0.4) is 0 Å². The van der Waals surface area contributed by atoms with Crippen LogP contribution in [0, 0.1) is 0 Å². The van der Waals surface area contributed by atoms with Crippen LogP contribution >= 0.6 is 11.6 Å². The van der Waals surface area contributed by atoms with Gasteiger partial charge in [0, 0.05) is 13.7 Å². The van der Waals surface area contributed by atoms with E-state index in [0.717, 1.165) is 0 Å². The van der Waals surface area contributed by atoms with Gasteiger partial charge in [0.1, 0.15) is 5.76 Å². The van der Waals surface area contributed by atoms with Crippen molar-refractivity contribution in [1.29, 1.82) is 0 Å². The first-order valence-corrected chi connectivity index (χ1v) is 5.30. The maximum absolute atomic E-state index is 11.2. The smallest absolute Gasteiger partial charge is 0.234 e. The van der Waals surface area contributed by atoms with Gasteiger partial charge in [0.05, 0.1) is 19.7 Å². The number of rotatable bonds is 7. The molecule has 90 valence electrons. The first kappa shape index (κ1) is 13.0. The van der Waals surface area contributed by atoms with E-state index in [2.05, 4.69) is 10.6 Å². The second-order valence-corrected chi connectivity index (χ2v) is 3.52. The monoisotopic (exact) mass is 246 g/mol. The van der Waals surface area contributed by atoms with Crippen LogP contribution in [-0.2, 0) is 16.1 Å². The van der Waals surface area contributed by atoms with Crippen molar-refractivity contribution in [2.45, 2.75) is 6.54 Å². The Kier molecular flexibility index (Phi) is 5.92. The number of furan rings is 1. The minimum Gasteiger partial charge on any atom is -0.448 e. The van der Waals surface area contributed by atoms with Crippen molar-refractivity contribution >= 4 is 17.5 Å². The number of carbonyl (C=O) groups is 1. The molecule has 0 aliphatic carbocycles. The Morgan fingerprint density at radius 2 is 2.38 bits per heavy atom. The van der Waals surface area contributed by atoms with Crippen molar-refractivity contribution in [1.82, 2.24) is 10.6 Å². The van der Waals surface area contributed by atoms with Crippen LogP contribution in [0.4, 0.5) is 0 Å². The maximum atomic E-state index is 11.2. The molecule has 0 atom stereocenters. The van der Waals surface area contributed by atoms with Crippen molar-refractivity contribution in [3.8, 4) is 0 Å². The fourth-order valence-electron chi connectivity index (χ4n) is 1.10. The van der Waals surface area contributed by atoms with E-state index in [9.17, 15) is 4.79 Å². The Hall–Kier alpha value is -1.04. The van der Waals surface area contributed by atoms with Crippen molar-refractivity contribution in [3.05, 3.63) is 23.1 Å². The Labute approximate surface area is 99.1 Å². The van der Waals surface area contributed by atoms with Gasteiger partial charge in [-0.2, -0.15) is 0 Å². The molecule has 2 N–H and O–H groups in total. The lowest BCUT2D eigenvalue weighted by molar-refractivity contribution is -0.120. The molecule has 1 aromatic heterocycles. The van der Waals surface area contributed by atoms with Crippen LogP contribution in [-0.4, -0.2) is 32.7 Å². The Balaban J connectivity index is 2.08. The van der Waals surface area contributed by atoms with Gasteiger partial charge in [0.25, 0.3) is 0 Å². The summed E-state index contributed by atoms with van der Waals surface area (Å²) in [6.07, 6.45) is 0. The molecular formula is C10H15ClN2O3. The first-order valence-electron chi connectivity index (χ1n) is 4.93. The van der Waals surface area contributed by atoms with Crippen LogP contribution in [0.2, 0.25) is 5.22 Å². The Morgan fingerprint density at radius 1 is 1.56 bits per heavy atom. The topological polar surface area (TPSA) is 63.5 Å². The van der Waals surface area contributed by atoms with E-state index in [0.29, 0.717) is 30.7 Å². The molecule has 0 bridgehead atoms. The number of hydrogen-bond acceptors (Lipinski definition) is 4. The molecule has 0 spiro atoms. The molecule has 0 aliphatic rings. The largest absolute Gasteiger partial charge is 0.448 e. The molecule has 5 nitrogen and oxygen atoms in total. The van der Waals surface area contributed by atoms with Crippen molar-refractivity contribution in [2.24, 2.45) is 0 Å². The average Bonchev–Trinajstić information content (AvgIpc) is 2.65. The predicted molar refractivity (Wildman–Crippen MR) is 60.3 cm³/mol. The number of nitrogens with one attached hydrogen (secondary N) is 2. The highest BCUT2D eigenvalue weighted by molar-refractivity contribution is 6.28. The van der Waals surface area contributed by atoms with Gasteiger partial charge in [0.15, 0.2) is 5.22 Å². The highest BCUT2D eigenvalue weighted by atomic mass is 35.5. The molecule has 1 rings (SSSR count). The lowest BCUT2D eigenvalue weighted by atomic mass is 10.4. The minimum atomic E-state index is -0.0743. The third-order valence-electron chi connectivity index (χ3n) is 1.84. The lowest BCUT2D eigenvalue weighted by Crippen LogP contribution is -2.35. The molecule has 0 saturated carbocycles. The summed E-state index contributed by atoms with van der Waals surface area (Å²) >= 11 is 5.60. The summed E-state index contributed by atoms with van der Waals surface area (Å²) in [5.41, 5.74) is 0. The summed E-state index contributed by atoms with van der Waals surface area (Å²) in [5, 5.41) is 5.98. The summed E-state index contributed by atoms with van der Waals surface area (Å²) in [5.74, 6) is 0.629. The van der Waals surface area contributed by atoms with Gasteiger partial charge in [-0.3, -0.25) is 4.79 Å². The summed E-state index contributed by atoms with van der Waals surface area (Å²) in [7, 11) is 1.59. The zero-order valence-electron chi connectivity index (χ0n) is 9.09. The van der Waals surface area contributed by atoms with E-state index in [1.807, 2.05) is 0 Å². The molecule has 0 fully saturated rings. The number of ether oxygens (including phenoxy) is 1. The summed E-state index contributed by atoms with van der Waals surface area (Å²) < 4.78 is 9.92. The predicted octanol–water partition coefficient (Wildman–Crippen LogP) is 0.785. The summed E-state index contributed by atoms with van der Waals surface area (Å²) in [6, 6.07) is 3.43. The van der Waals surface area contributed by atoms with E-state index < -0.39 is 0 Å². The van der Waals surface area contributed by atoms with Gasteiger partial charge < -0.3 is 19.8 Å². The van der Waals surface area contributed by atoms with Gasteiger partial charge >= 0.3 is 0 Å². The van der Waals surface area contributed by atoms with Gasteiger partial charge in [-0.1, -0.05) is 0 Å². The van der Waals surface area contributed by atoms with Crippen LogP contribution in [0.25, 0.3) is 0 Å². The average molecular weight is 247 g/mol. The standard InChI is InChI=1S/C10H15ClN2O3/c1-15-5-4-13-10(14)7-12-6-8-2-3-9(11)16-8/h2-3,12H,4-7H2,1H3,(H,13,14). The summed E-state index contributed by atoms with van der Waals surface area (Å²) in [6.45, 7) is 1.75. The van der Waals surface area contributed by atoms with E-state index in [1.165, 1.54) is 0 Å². The molecular weight excluding hydrogens is 232 g/mol. The number of methoxy groups -OCH3 is 1. The number of halogens is 1. The Bertz CT molecular complexity index is 328. The van der Waals surface area contributed by atoms with E-state index in [1.54, 1.807) is 19.2 Å². The van der Waals surface area contributed by atoms with Crippen molar-refractivity contribution in [2.75, 3.05) is 26.8 Å². The lowest BCUT2D eigenvalue weighted by Gasteiger charge is -2.04. The van der Waals surface area contributed by atoms with Crippen LogP contribution < -0.4 is 10.6 Å². The van der Waals surface area contributed by atoms with E-state index >= 15 is 0 Å². The van der Waals surface area contributed by atoms with Gasteiger partial charge in [-0.15, -0.1) is 0 Å². The third-order valence-corrected chi connectivity index (χ3v) is 2.05. The fraction of sp³-hybridized carbons (Fsp3) is 0.500. The molecule has 0 aliphatic heterocycles. The molecule has 1 amide bonds. The maximum Gasteiger partial charge on any atom is 0.234 e. The zero-order chi connectivity index (χ0) is 11.8. The number of carbonyl (C=O) groups excluding carboxylic acids is 1. The van der Waals surface area contributed by atoms with Gasteiger partial charge in [0.2, 0.25) is 5.91 Å². The third kappa shape index (κ3) is 5.16. The highest BCUT2D eigenvalue weighted by Crippen LogP contribution is 2.12. The van der Waals surface area contributed by atoms with Gasteiger partial charge in [-0.05, 0) is 23.7 Å². The van der Waals surface area contributed by atoms with Crippen LogP contribution in [0.1, 0.15) is 5.76 Å². The van der Waals surface area contributed by atoms with Crippen molar-refractivity contribution in [3.63, 3.8) is 0 Å². The Morgan fingerprint density at radius 3 is 3.00 bits per heavy atom. The molecule has 0 aromatic carbocycles. The molecule has 1 aromatic rings. The summed E-state index contributed by atoms with van der Waals surface area (Å²) in [4.78, 5) is 11.2. The first-order chi connectivity index (χ1) is 7.72. The quantitative estimate of drug-likeness (QED) is 0.698. The molecule has 0 saturated heterocycles. The molecule has 0 radical (unpaired) electrons. The van der Waals surface area contributed by atoms with Crippen molar-refractivity contribution < 1.29 is 13.9 Å². The van der Waals surface area contributed by atoms with Crippen LogP contribution in [0.15, 0.2) is 16.5 Å². The van der Waals surface area contributed by atoms with E-state index in [-0.39, 0.29) is 12.5 Å². The molecule has 1 heterocycles. The molecule has 6 heteroatoms. The second-order valence-electron chi connectivity index (χ2n) is 3.15. The number of amides is 1. The fourth-order valence-corrected chi connectivity index (χ4v) is 1.26. The zero-order valence-corrected chi connectivity index (χ0v) is 9.84. The normalized spacial score (nSPS) is 10.4. The van der Waals surface area contributed by atoms with Crippen LogP contribution in [0.5, 0.6) is 0 Å².